The molecule has 1 heterocycles. The smallest absolute Gasteiger partial charge is 0.341 e. The Balaban J connectivity index is 1.91. The Labute approximate surface area is 131 Å². The van der Waals surface area contributed by atoms with E-state index in [0.29, 0.717) is 11.3 Å². The van der Waals surface area contributed by atoms with Gasteiger partial charge in [0.1, 0.15) is 0 Å². The first-order valence-electron chi connectivity index (χ1n) is 6.62. The molecule has 0 N–H and O–H groups in total. The predicted molar refractivity (Wildman–Crippen MR) is 80.6 cm³/mol. The van der Waals surface area contributed by atoms with Gasteiger partial charge in [-0.1, -0.05) is 30.3 Å². The van der Waals surface area contributed by atoms with Crippen LogP contribution in [0.25, 0.3) is 22.8 Å². The molecule has 0 saturated heterocycles. The van der Waals surface area contributed by atoms with Crippen LogP contribution in [0.3, 0.4) is 0 Å². The highest BCUT2D eigenvalue weighted by molar-refractivity contribution is 7.91. The molecule has 2 aromatic carbocycles. The molecule has 3 rings (SSSR count). The Hall–Kier alpha value is -2.54. The van der Waals surface area contributed by atoms with Gasteiger partial charge in [0, 0.05) is 11.1 Å². The normalized spacial score (nSPS) is 11.8. The zero-order valence-corrected chi connectivity index (χ0v) is 12.5. The number of aromatic nitrogens is 1. The van der Waals surface area contributed by atoms with Gasteiger partial charge in [-0.3, -0.25) is 0 Å². The summed E-state index contributed by atoms with van der Waals surface area (Å²) in [4.78, 5) is 3.69. The average Bonchev–Trinajstić information content (AvgIpc) is 3.05. The van der Waals surface area contributed by atoms with E-state index in [1.807, 2.05) is 30.3 Å². The predicted octanol–water partition coefficient (Wildman–Crippen LogP) is 4.00. The summed E-state index contributed by atoms with van der Waals surface area (Å²) < 4.78 is 53.4. The van der Waals surface area contributed by atoms with E-state index in [-0.39, 0.29) is 5.89 Å². The molecule has 1 aromatic heterocycles. The number of rotatable bonds is 4. The maximum absolute atomic E-state index is 12.5. The molecule has 0 aliphatic rings. The van der Waals surface area contributed by atoms with Crippen LogP contribution in [0.4, 0.5) is 8.78 Å². The van der Waals surface area contributed by atoms with Crippen LogP contribution in [0, 0.1) is 0 Å². The number of nitrogens with zero attached hydrogens (tertiary/aromatic N) is 1. The van der Waals surface area contributed by atoms with E-state index in [9.17, 15) is 17.2 Å². The molecule has 0 fully saturated rings. The van der Waals surface area contributed by atoms with E-state index in [2.05, 4.69) is 4.98 Å². The summed E-state index contributed by atoms with van der Waals surface area (Å²) in [7, 11) is -4.60. The van der Waals surface area contributed by atoms with Gasteiger partial charge < -0.3 is 4.42 Å². The second kappa shape index (κ2) is 5.92. The standard InChI is InChI=1S/C16H11F2NO3S/c17-16(18)23(20,21)13-8-6-12(7-9-13)15-19-10-14(22-15)11-4-2-1-3-5-11/h1-10,16H. The maximum Gasteiger partial charge on any atom is 0.341 e. The zero-order chi connectivity index (χ0) is 16.4. The molecule has 0 atom stereocenters. The molecule has 0 aliphatic heterocycles. The highest BCUT2D eigenvalue weighted by Crippen LogP contribution is 2.27. The SMILES string of the molecule is O=S(=O)(c1ccc(-c2ncc(-c3ccccc3)o2)cc1)C(F)F. The lowest BCUT2D eigenvalue weighted by molar-refractivity contribution is 0.234. The van der Waals surface area contributed by atoms with E-state index < -0.39 is 20.5 Å². The Morgan fingerprint density at radius 1 is 0.913 bits per heavy atom. The summed E-state index contributed by atoms with van der Waals surface area (Å²) in [6, 6.07) is 14.3. The third-order valence-electron chi connectivity index (χ3n) is 3.23. The van der Waals surface area contributed by atoms with Gasteiger partial charge in [0.2, 0.25) is 15.7 Å². The van der Waals surface area contributed by atoms with Gasteiger partial charge in [0.15, 0.2) is 5.76 Å². The zero-order valence-electron chi connectivity index (χ0n) is 11.7. The first kappa shape index (κ1) is 15.4. The van der Waals surface area contributed by atoms with Crippen molar-refractivity contribution in [2.45, 2.75) is 10.7 Å². The van der Waals surface area contributed by atoms with E-state index in [1.165, 1.54) is 12.1 Å². The van der Waals surface area contributed by atoms with Crippen molar-refractivity contribution < 1.29 is 21.6 Å². The molecular weight excluding hydrogens is 324 g/mol. The molecule has 0 bridgehead atoms. The van der Waals surface area contributed by atoms with Crippen molar-refractivity contribution in [3.63, 3.8) is 0 Å². The van der Waals surface area contributed by atoms with Crippen LogP contribution in [-0.2, 0) is 9.84 Å². The molecule has 23 heavy (non-hydrogen) atoms. The highest BCUT2D eigenvalue weighted by Gasteiger charge is 2.26. The summed E-state index contributed by atoms with van der Waals surface area (Å²) >= 11 is 0. The van der Waals surface area contributed by atoms with Crippen LogP contribution >= 0.6 is 0 Å². The highest BCUT2D eigenvalue weighted by atomic mass is 32.2. The van der Waals surface area contributed by atoms with E-state index in [4.69, 9.17) is 4.42 Å². The number of sulfone groups is 1. The lowest BCUT2D eigenvalue weighted by Gasteiger charge is -2.03. The van der Waals surface area contributed by atoms with Crippen molar-refractivity contribution in [2.75, 3.05) is 0 Å². The minimum atomic E-state index is -4.60. The van der Waals surface area contributed by atoms with E-state index in [1.54, 1.807) is 6.20 Å². The van der Waals surface area contributed by atoms with Gasteiger partial charge in [-0.25, -0.2) is 13.4 Å². The summed E-state index contributed by atoms with van der Waals surface area (Å²) in [5.41, 5.74) is 1.35. The van der Waals surface area contributed by atoms with Crippen molar-refractivity contribution in [1.82, 2.24) is 4.98 Å². The second-order valence-corrected chi connectivity index (χ2v) is 6.64. The molecule has 0 spiro atoms. The van der Waals surface area contributed by atoms with Gasteiger partial charge in [-0.15, -0.1) is 0 Å². The molecule has 3 aromatic rings. The van der Waals surface area contributed by atoms with E-state index in [0.717, 1.165) is 17.7 Å². The quantitative estimate of drug-likeness (QED) is 0.723. The van der Waals surface area contributed by atoms with Crippen molar-refractivity contribution >= 4 is 9.84 Å². The average molecular weight is 335 g/mol. The third-order valence-corrected chi connectivity index (χ3v) is 4.63. The molecule has 7 heteroatoms. The largest absolute Gasteiger partial charge is 0.436 e. The number of hydrogen-bond donors (Lipinski definition) is 0. The van der Waals surface area contributed by atoms with Gasteiger partial charge in [-0.05, 0) is 24.3 Å². The number of oxazole rings is 1. The lowest BCUT2D eigenvalue weighted by atomic mass is 10.2. The van der Waals surface area contributed by atoms with Gasteiger partial charge in [0.25, 0.3) is 0 Å². The maximum atomic E-state index is 12.5. The van der Waals surface area contributed by atoms with E-state index >= 15 is 0 Å². The topological polar surface area (TPSA) is 60.2 Å². The summed E-state index contributed by atoms with van der Waals surface area (Å²) in [6.45, 7) is 0. The van der Waals surface area contributed by atoms with Crippen molar-refractivity contribution in [3.05, 3.63) is 60.8 Å². The molecule has 0 unspecified atom stereocenters. The Morgan fingerprint density at radius 2 is 1.57 bits per heavy atom. The van der Waals surface area contributed by atoms with Crippen molar-refractivity contribution in [2.24, 2.45) is 0 Å². The molecule has 4 nitrogen and oxygen atoms in total. The second-order valence-electron chi connectivity index (χ2n) is 4.73. The van der Waals surface area contributed by atoms with Crippen molar-refractivity contribution in [3.8, 4) is 22.8 Å². The molecule has 0 saturated carbocycles. The first-order chi connectivity index (χ1) is 11.0. The molecule has 118 valence electrons. The summed E-state index contributed by atoms with van der Waals surface area (Å²) in [6.07, 6.45) is 1.55. The molecule has 0 aliphatic carbocycles. The minimum Gasteiger partial charge on any atom is -0.436 e. The third kappa shape index (κ3) is 3.00. The molecule has 0 radical (unpaired) electrons. The van der Waals surface area contributed by atoms with Crippen molar-refractivity contribution in [1.29, 1.82) is 0 Å². The lowest BCUT2D eigenvalue weighted by Crippen LogP contribution is -2.11. The fourth-order valence-corrected chi connectivity index (χ4v) is 2.75. The van der Waals surface area contributed by atoms with Crippen LogP contribution in [0.5, 0.6) is 0 Å². The minimum absolute atomic E-state index is 0.282. The van der Waals surface area contributed by atoms with Crippen LogP contribution in [0.2, 0.25) is 0 Å². The Kier molecular flexibility index (Phi) is 3.96. The number of halogens is 2. The van der Waals surface area contributed by atoms with Crippen LogP contribution < -0.4 is 0 Å². The fourth-order valence-electron chi connectivity index (χ4n) is 2.03. The number of alkyl halides is 2. The van der Waals surface area contributed by atoms with Crippen LogP contribution in [-0.4, -0.2) is 19.2 Å². The van der Waals surface area contributed by atoms with Crippen LogP contribution in [0.1, 0.15) is 0 Å². The van der Waals surface area contributed by atoms with Crippen LogP contribution in [0.15, 0.2) is 70.1 Å². The summed E-state index contributed by atoms with van der Waals surface area (Å²) in [5, 5.41) is 0. The Morgan fingerprint density at radius 3 is 2.17 bits per heavy atom. The number of hydrogen-bond acceptors (Lipinski definition) is 4. The van der Waals surface area contributed by atoms with Gasteiger partial charge >= 0.3 is 5.76 Å². The van der Waals surface area contributed by atoms with Gasteiger partial charge in [0.05, 0.1) is 11.1 Å². The Bertz CT molecular complexity index is 904. The van der Waals surface area contributed by atoms with Gasteiger partial charge in [-0.2, -0.15) is 8.78 Å². The monoisotopic (exact) mass is 335 g/mol. The molecular formula is C16H11F2NO3S. The fraction of sp³-hybridized carbons (Fsp3) is 0.0625. The number of benzene rings is 2. The first-order valence-corrected chi connectivity index (χ1v) is 8.17. The summed E-state index contributed by atoms with van der Waals surface area (Å²) in [5.74, 6) is -2.60. The molecule has 0 amide bonds.